The average Bonchev–Trinajstić information content (AvgIpc) is 2.83. The van der Waals surface area contributed by atoms with E-state index in [0.29, 0.717) is 5.75 Å². The topological polar surface area (TPSA) is 117 Å². The van der Waals surface area contributed by atoms with Gasteiger partial charge in [0.25, 0.3) is 11.6 Å². The zero-order chi connectivity index (χ0) is 24.5. The molecule has 3 aromatic carbocycles. The van der Waals surface area contributed by atoms with Crippen LogP contribution in [0.15, 0.2) is 72.8 Å². The second-order valence-corrected chi connectivity index (χ2v) is 7.37. The molecule has 0 heterocycles. The molecule has 1 amide bonds. The number of benzene rings is 3. The number of amides is 1. The highest BCUT2D eigenvalue weighted by Gasteiger charge is 2.22. The highest BCUT2D eigenvalue weighted by molar-refractivity contribution is 6.34. The Labute approximate surface area is 200 Å². The van der Waals surface area contributed by atoms with Crippen LogP contribution in [0.4, 0.5) is 11.4 Å². The molecule has 9 nitrogen and oxygen atoms in total. The van der Waals surface area contributed by atoms with Gasteiger partial charge in [0.1, 0.15) is 30.3 Å². The van der Waals surface area contributed by atoms with E-state index in [0.717, 1.165) is 6.07 Å². The summed E-state index contributed by atoms with van der Waals surface area (Å²) >= 11 is 5.99. The van der Waals surface area contributed by atoms with Gasteiger partial charge in [-0.15, -0.1) is 0 Å². The fourth-order valence-corrected chi connectivity index (χ4v) is 3.04. The predicted molar refractivity (Wildman–Crippen MR) is 125 cm³/mol. The van der Waals surface area contributed by atoms with Crippen molar-refractivity contribution in [2.75, 3.05) is 18.5 Å². The third kappa shape index (κ3) is 6.69. The van der Waals surface area contributed by atoms with E-state index >= 15 is 0 Å². The van der Waals surface area contributed by atoms with Crippen LogP contribution in [0.3, 0.4) is 0 Å². The molecule has 0 fully saturated rings. The monoisotopic (exact) mass is 484 g/mol. The molecule has 1 N–H and O–H groups in total. The van der Waals surface area contributed by atoms with E-state index in [-0.39, 0.29) is 40.9 Å². The van der Waals surface area contributed by atoms with Crippen LogP contribution >= 0.6 is 11.6 Å². The fraction of sp³-hybridized carbons (Fsp3) is 0.167. The van der Waals surface area contributed by atoms with Crippen molar-refractivity contribution in [3.8, 4) is 11.5 Å². The Hall–Kier alpha value is -4.11. The number of halogens is 1. The molecule has 34 heavy (non-hydrogen) atoms. The van der Waals surface area contributed by atoms with Gasteiger partial charge in [-0.2, -0.15) is 0 Å². The van der Waals surface area contributed by atoms with Crippen molar-refractivity contribution in [2.45, 2.75) is 13.0 Å². The van der Waals surface area contributed by atoms with Crippen molar-refractivity contribution < 1.29 is 28.7 Å². The molecule has 0 saturated heterocycles. The van der Waals surface area contributed by atoms with Crippen LogP contribution < -0.4 is 14.8 Å². The third-order valence-electron chi connectivity index (χ3n) is 4.53. The number of esters is 1. The number of rotatable bonds is 10. The maximum Gasteiger partial charge on any atom is 0.342 e. The summed E-state index contributed by atoms with van der Waals surface area (Å²) in [5.74, 6) is -0.419. The van der Waals surface area contributed by atoms with Crippen LogP contribution in [0.25, 0.3) is 0 Å². The molecular weight excluding hydrogens is 464 g/mol. The van der Waals surface area contributed by atoms with Crippen molar-refractivity contribution in [3.05, 3.63) is 93.5 Å². The van der Waals surface area contributed by atoms with E-state index in [1.54, 1.807) is 18.2 Å². The van der Waals surface area contributed by atoms with Gasteiger partial charge in [-0.25, -0.2) is 4.79 Å². The van der Waals surface area contributed by atoms with Crippen molar-refractivity contribution in [1.29, 1.82) is 0 Å². The maximum absolute atomic E-state index is 12.7. The summed E-state index contributed by atoms with van der Waals surface area (Å²) in [6, 6.07) is 19.3. The quantitative estimate of drug-likeness (QED) is 0.188. The lowest BCUT2D eigenvalue weighted by Crippen LogP contribution is -2.30. The number of hydrogen-bond donors (Lipinski definition) is 1. The van der Waals surface area contributed by atoms with Gasteiger partial charge in [0.15, 0.2) is 6.10 Å². The van der Waals surface area contributed by atoms with Gasteiger partial charge in [0, 0.05) is 12.1 Å². The Balaban J connectivity index is 1.56. The Morgan fingerprint density at radius 3 is 2.38 bits per heavy atom. The number of nitro groups is 1. The Kier molecular flexibility index (Phi) is 8.42. The van der Waals surface area contributed by atoms with Gasteiger partial charge < -0.3 is 19.5 Å². The standard InChI is InChI=1S/C24H21ClN2O7/c1-16(23(28)26-21-12-11-17(27(30)31)15-20(21)25)34-24(29)19-9-5-6-10-22(19)33-14-13-32-18-7-3-2-4-8-18/h2-12,15-16H,13-14H2,1H3,(H,26,28). The molecule has 0 radical (unpaired) electrons. The highest BCUT2D eigenvalue weighted by Crippen LogP contribution is 2.27. The summed E-state index contributed by atoms with van der Waals surface area (Å²) in [6.07, 6.45) is -1.17. The molecule has 0 spiro atoms. The first kappa shape index (κ1) is 24.5. The SMILES string of the molecule is CC(OC(=O)c1ccccc1OCCOc1ccccc1)C(=O)Nc1ccc([N+](=O)[O-])cc1Cl. The molecular formula is C24H21ClN2O7. The van der Waals surface area contributed by atoms with Crippen molar-refractivity contribution in [3.63, 3.8) is 0 Å². The minimum absolute atomic E-state index is 0.0162. The molecule has 0 aliphatic rings. The summed E-state index contributed by atoms with van der Waals surface area (Å²) in [6.45, 7) is 1.85. The lowest BCUT2D eigenvalue weighted by atomic mass is 10.2. The first-order valence-electron chi connectivity index (χ1n) is 10.2. The number of nitro benzene ring substituents is 1. The second kappa shape index (κ2) is 11.7. The van der Waals surface area contributed by atoms with E-state index in [4.69, 9.17) is 25.8 Å². The van der Waals surface area contributed by atoms with Gasteiger partial charge in [-0.1, -0.05) is 41.9 Å². The van der Waals surface area contributed by atoms with Crippen molar-refractivity contribution in [1.82, 2.24) is 0 Å². The predicted octanol–water partition coefficient (Wildman–Crippen LogP) is 4.89. The summed E-state index contributed by atoms with van der Waals surface area (Å²) in [5.41, 5.74) is 0.0887. The molecule has 1 unspecified atom stereocenters. The van der Waals surface area contributed by atoms with Gasteiger partial charge in [0.2, 0.25) is 0 Å². The van der Waals surface area contributed by atoms with Crippen LogP contribution in [-0.2, 0) is 9.53 Å². The van der Waals surface area contributed by atoms with Gasteiger partial charge in [0.05, 0.1) is 15.6 Å². The number of anilines is 1. The summed E-state index contributed by atoms with van der Waals surface area (Å²) in [5, 5.41) is 13.3. The van der Waals surface area contributed by atoms with Crippen molar-refractivity contribution in [2.24, 2.45) is 0 Å². The maximum atomic E-state index is 12.7. The molecule has 0 bridgehead atoms. The van der Waals surface area contributed by atoms with Crippen molar-refractivity contribution >= 4 is 34.9 Å². The number of carbonyl (C=O) groups is 2. The second-order valence-electron chi connectivity index (χ2n) is 6.96. The first-order chi connectivity index (χ1) is 16.3. The smallest absolute Gasteiger partial charge is 0.342 e. The molecule has 0 saturated carbocycles. The third-order valence-corrected chi connectivity index (χ3v) is 4.85. The number of para-hydroxylation sites is 2. The zero-order valence-corrected chi connectivity index (χ0v) is 18.9. The van der Waals surface area contributed by atoms with E-state index in [1.807, 2.05) is 30.3 Å². The molecule has 1 atom stereocenters. The minimum Gasteiger partial charge on any atom is -0.490 e. The molecule has 0 aliphatic carbocycles. The van der Waals surface area contributed by atoms with Gasteiger partial charge in [-0.3, -0.25) is 14.9 Å². The van der Waals surface area contributed by atoms with E-state index < -0.39 is 22.9 Å². The normalized spacial score (nSPS) is 11.2. The minimum atomic E-state index is -1.17. The number of nitrogens with one attached hydrogen (secondary N) is 1. The van der Waals surface area contributed by atoms with Crippen LogP contribution in [0.5, 0.6) is 11.5 Å². The van der Waals surface area contributed by atoms with E-state index in [1.165, 1.54) is 25.1 Å². The van der Waals surface area contributed by atoms with E-state index in [2.05, 4.69) is 5.32 Å². The summed E-state index contributed by atoms with van der Waals surface area (Å²) in [4.78, 5) is 35.3. The van der Waals surface area contributed by atoms with E-state index in [9.17, 15) is 19.7 Å². The van der Waals surface area contributed by atoms with Gasteiger partial charge in [-0.05, 0) is 37.3 Å². The Morgan fingerprint density at radius 1 is 1.00 bits per heavy atom. The lowest BCUT2D eigenvalue weighted by Gasteiger charge is -2.16. The molecule has 3 aromatic rings. The van der Waals surface area contributed by atoms with Crippen LogP contribution in [0, 0.1) is 10.1 Å². The molecule has 0 aromatic heterocycles. The number of carbonyl (C=O) groups excluding carboxylic acids is 2. The molecule has 10 heteroatoms. The number of non-ortho nitro benzene ring substituents is 1. The number of ether oxygens (including phenoxy) is 3. The number of nitrogens with zero attached hydrogens (tertiary/aromatic N) is 1. The highest BCUT2D eigenvalue weighted by atomic mass is 35.5. The van der Waals surface area contributed by atoms with Gasteiger partial charge >= 0.3 is 5.97 Å². The average molecular weight is 485 g/mol. The van der Waals surface area contributed by atoms with Crippen LogP contribution in [0.2, 0.25) is 5.02 Å². The fourth-order valence-electron chi connectivity index (χ4n) is 2.82. The van der Waals surface area contributed by atoms with Crippen LogP contribution in [-0.4, -0.2) is 36.1 Å². The first-order valence-corrected chi connectivity index (χ1v) is 10.6. The molecule has 0 aliphatic heterocycles. The Bertz CT molecular complexity index is 1170. The largest absolute Gasteiger partial charge is 0.490 e. The molecule has 176 valence electrons. The molecule has 3 rings (SSSR count). The Morgan fingerprint density at radius 2 is 1.68 bits per heavy atom. The lowest BCUT2D eigenvalue weighted by molar-refractivity contribution is -0.384. The van der Waals surface area contributed by atoms with Crippen LogP contribution in [0.1, 0.15) is 17.3 Å². The zero-order valence-electron chi connectivity index (χ0n) is 18.1. The summed E-state index contributed by atoms with van der Waals surface area (Å²) < 4.78 is 16.5. The number of hydrogen-bond acceptors (Lipinski definition) is 7. The summed E-state index contributed by atoms with van der Waals surface area (Å²) in [7, 11) is 0.